The van der Waals surface area contributed by atoms with Crippen LogP contribution in [0.5, 0.6) is 0 Å². The number of hydrogen-bond acceptors (Lipinski definition) is 3. The van der Waals surface area contributed by atoms with E-state index in [1.54, 1.807) is 0 Å². The largest absolute Gasteiger partial charge is 0.300 e. The second-order valence-electron chi connectivity index (χ2n) is 4.15. The van der Waals surface area contributed by atoms with E-state index in [1.807, 2.05) is 30.3 Å². The van der Waals surface area contributed by atoms with Gasteiger partial charge in [-0.15, -0.1) is 0 Å². The average molecular weight is 219 g/mol. The Kier molecular flexibility index (Phi) is 2.99. The molecule has 0 heterocycles. The highest BCUT2D eigenvalue weighted by molar-refractivity contribution is 5.80. The van der Waals surface area contributed by atoms with E-state index in [2.05, 4.69) is 0 Å². The lowest BCUT2D eigenvalue weighted by Crippen LogP contribution is -2.33. The van der Waals surface area contributed by atoms with Crippen molar-refractivity contribution < 1.29 is 9.72 Å². The molecule has 0 aromatic heterocycles. The normalized spacial score (nSPS) is 25.4. The van der Waals surface area contributed by atoms with Gasteiger partial charge < -0.3 is 0 Å². The first-order valence-corrected chi connectivity index (χ1v) is 5.38. The maximum atomic E-state index is 11.4. The van der Waals surface area contributed by atoms with E-state index in [0.717, 1.165) is 5.56 Å². The summed E-state index contributed by atoms with van der Waals surface area (Å²) >= 11 is 0. The molecule has 2 rings (SSSR count). The Morgan fingerprint density at radius 2 is 1.94 bits per heavy atom. The molecule has 0 spiro atoms. The summed E-state index contributed by atoms with van der Waals surface area (Å²) in [5.74, 6) is -0.121. The van der Waals surface area contributed by atoms with Gasteiger partial charge in [-0.2, -0.15) is 0 Å². The molecular weight excluding hydrogens is 206 g/mol. The molecule has 0 bridgehead atoms. The van der Waals surface area contributed by atoms with E-state index in [1.165, 1.54) is 0 Å². The summed E-state index contributed by atoms with van der Waals surface area (Å²) in [5.41, 5.74) is 0.900. The van der Waals surface area contributed by atoms with E-state index >= 15 is 0 Å². The molecule has 1 aliphatic carbocycles. The summed E-state index contributed by atoms with van der Waals surface area (Å²) in [6, 6.07) is 8.69. The van der Waals surface area contributed by atoms with E-state index in [0.29, 0.717) is 19.3 Å². The molecule has 0 saturated heterocycles. The predicted molar refractivity (Wildman–Crippen MR) is 58.8 cm³/mol. The van der Waals surface area contributed by atoms with Gasteiger partial charge >= 0.3 is 0 Å². The van der Waals surface area contributed by atoms with Crippen molar-refractivity contribution in [1.29, 1.82) is 0 Å². The van der Waals surface area contributed by atoms with Gasteiger partial charge in [0.15, 0.2) is 0 Å². The molecular formula is C12H13NO3. The Bertz CT molecular complexity index is 402. The van der Waals surface area contributed by atoms with Crippen molar-refractivity contribution in [3.05, 3.63) is 46.0 Å². The van der Waals surface area contributed by atoms with Crippen LogP contribution < -0.4 is 0 Å². The van der Waals surface area contributed by atoms with Crippen LogP contribution in [0.15, 0.2) is 30.3 Å². The standard InChI is InChI=1S/C12H13NO3/c14-10-6-7-12(13(15)16)11(8-10)9-4-2-1-3-5-9/h1-5,11-12H,6-8H2/t11-,12-/m0/s1. The van der Waals surface area contributed by atoms with Crippen molar-refractivity contribution in [3.8, 4) is 0 Å². The Labute approximate surface area is 93.4 Å². The number of rotatable bonds is 2. The molecule has 16 heavy (non-hydrogen) atoms. The summed E-state index contributed by atoms with van der Waals surface area (Å²) in [4.78, 5) is 22.1. The number of nitrogens with zero attached hydrogens (tertiary/aromatic N) is 1. The van der Waals surface area contributed by atoms with E-state index in [9.17, 15) is 14.9 Å². The molecule has 0 aliphatic heterocycles. The molecule has 1 fully saturated rings. The fourth-order valence-electron chi connectivity index (χ4n) is 2.29. The van der Waals surface area contributed by atoms with Crippen molar-refractivity contribution in [2.45, 2.75) is 31.2 Å². The van der Waals surface area contributed by atoms with Crippen LogP contribution >= 0.6 is 0 Å². The SMILES string of the molecule is O=C1CC[C@H]([N+](=O)[O-])[C@H](c2ccccc2)C1. The molecule has 4 nitrogen and oxygen atoms in total. The minimum absolute atomic E-state index is 0.131. The predicted octanol–water partition coefficient (Wildman–Crippen LogP) is 2.17. The number of Topliss-reactive ketones (excluding diaryl/α,β-unsaturated/α-hetero) is 1. The fourth-order valence-corrected chi connectivity index (χ4v) is 2.29. The highest BCUT2D eigenvalue weighted by Crippen LogP contribution is 2.32. The van der Waals surface area contributed by atoms with Gasteiger partial charge in [0.2, 0.25) is 6.04 Å². The summed E-state index contributed by atoms with van der Waals surface area (Å²) in [6.07, 6.45) is 1.01. The maximum absolute atomic E-state index is 11.4. The molecule has 2 atom stereocenters. The Balaban J connectivity index is 2.27. The molecule has 0 unspecified atom stereocenters. The zero-order valence-electron chi connectivity index (χ0n) is 8.83. The molecule has 0 radical (unpaired) electrons. The first kappa shape index (κ1) is 10.8. The monoisotopic (exact) mass is 219 g/mol. The van der Waals surface area contributed by atoms with Crippen molar-refractivity contribution in [3.63, 3.8) is 0 Å². The van der Waals surface area contributed by atoms with Gasteiger partial charge in [-0.1, -0.05) is 30.3 Å². The second-order valence-corrected chi connectivity index (χ2v) is 4.15. The molecule has 0 N–H and O–H groups in total. The molecule has 1 aliphatic rings. The topological polar surface area (TPSA) is 60.2 Å². The van der Waals surface area contributed by atoms with Crippen molar-refractivity contribution in [1.82, 2.24) is 0 Å². The van der Waals surface area contributed by atoms with Crippen molar-refractivity contribution in [2.75, 3.05) is 0 Å². The lowest BCUT2D eigenvalue weighted by Gasteiger charge is -2.24. The van der Waals surface area contributed by atoms with Crippen LogP contribution in [0.2, 0.25) is 0 Å². The van der Waals surface area contributed by atoms with E-state index in [4.69, 9.17) is 0 Å². The fraction of sp³-hybridized carbons (Fsp3) is 0.417. The van der Waals surface area contributed by atoms with Crippen LogP contribution in [0.1, 0.15) is 30.7 Å². The highest BCUT2D eigenvalue weighted by Gasteiger charge is 2.38. The first-order valence-electron chi connectivity index (χ1n) is 5.38. The molecule has 1 aromatic carbocycles. The van der Waals surface area contributed by atoms with Crippen LogP contribution in [-0.2, 0) is 4.79 Å². The van der Waals surface area contributed by atoms with Crippen LogP contribution in [0.4, 0.5) is 0 Å². The van der Waals surface area contributed by atoms with Crippen LogP contribution in [0, 0.1) is 10.1 Å². The number of nitro groups is 1. The summed E-state index contributed by atoms with van der Waals surface area (Å²) < 4.78 is 0. The minimum Gasteiger partial charge on any atom is -0.300 e. The van der Waals surface area contributed by atoms with Gasteiger partial charge in [0.1, 0.15) is 5.78 Å². The summed E-state index contributed by atoms with van der Waals surface area (Å²) in [6.45, 7) is 0. The summed E-state index contributed by atoms with van der Waals surface area (Å²) in [5, 5.41) is 10.9. The number of benzene rings is 1. The first-order chi connectivity index (χ1) is 7.68. The van der Waals surface area contributed by atoms with Gasteiger partial charge in [0.25, 0.3) is 0 Å². The number of ketones is 1. The van der Waals surface area contributed by atoms with Crippen LogP contribution in [0.3, 0.4) is 0 Å². The van der Waals surface area contributed by atoms with Crippen molar-refractivity contribution in [2.24, 2.45) is 0 Å². The van der Waals surface area contributed by atoms with Gasteiger partial charge in [-0.05, 0) is 5.56 Å². The number of carbonyl (C=O) groups is 1. The molecule has 4 heteroatoms. The zero-order chi connectivity index (χ0) is 11.5. The van der Waals surface area contributed by atoms with Crippen LogP contribution in [0.25, 0.3) is 0 Å². The Morgan fingerprint density at radius 1 is 1.25 bits per heavy atom. The molecule has 0 amide bonds. The Hall–Kier alpha value is -1.71. The molecule has 1 aromatic rings. The van der Waals surface area contributed by atoms with Gasteiger partial charge in [0, 0.05) is 24.2 Å². The third-order valence-corrected chi connectivity index (χ3v) is 3.13. The van der Waals surface area contributed by atoms with Crippen molar-refractivity contribution >= 4 is 5.78 Å². The quantitative estimate of drug-likeness (QED) is 0.565. The smallest absolute Gasteiger partial charge is 0.220 e. The van der Waals surface area contributed by atoms with E-state index < -0.39 is 6.04 Å². The average Bonchev–Trinajstić information content (AvgIpc) is 2.29. The maximum Gasteiger partial charge on any atom is 0.220 e. The highest BCUT2D eigenvalue weighted by atomic mass is 16.6. The Morgan fingerprint density at radius 3 is 2.56 bits per heavy atom. The molecule has 84 valence electrons. The molecule has 1 saturated carbocycles. The van der Waals surface area contributed by atoms with Gasteiger partial charge in [-0.25, -0.2) is 0 Å². The summed E-state index contributed by atoms with van der Waals surface area (Å²) in [7, 11) is 0. The third kappa shape index (κ3) is 2.10. The lowest BCUT2D eigenvalue weighted by atomic mass is 9.80. The minimum atomic E-state index is -0.611. The zero-order valence-corrected chi connectivity index (χ0v) is 8.83. The second kappa shape index (κ2) is 4.43. The van der Waals surface area contributed by atoms with Crippen LogP contribution in [-0.4, -0.2) is 16.7 Å². The van der Waals surface area contributed by atoms with E-state index in [-0.39, 0.29) is 16.6 Å². The van der Waals surface area contributed by atoms with Gasteiger partial charge in [-0.3, -0.25) is 14.9 Å². The third-order valence-electron chi connectivity index (χ3n) is 3.13. The number of carbonyl (C=O) groups excluding carboxylic acids is 1. The lowest BCUT2D eigenvalue weighted by molar-refractivity contribution is -0.528. The van der Waals surface area contributed by atoms with Gasteiger partial charge in [0.05, 0.1) is 5.92 Å². The number of hydrogen-bond donors (Lipinski definition) is 0.